The fraction of sp³-hybridized carbons (Fsp3) is 0.500. The van der Waals surface area contributed by atoms with Crippen molar-refractivity contribution in [2.24, 2.45) is 0 Å². The highest BCUT2D eigenvalue weighted by atomic mass is 35.5. The van der Waals surface area contributed by atoms with Crippen LogP contribution in [0.2, 0.25) is 10.0 Å². The summed E-state index contributed by atoms with van der Waals surface area (Å²) in [5, 5.41) is 10.4. The summed E-state index contributed by atoms with van der Waals surface area (Å²) >= 11 is 12.2. The average molecular weight is 277 g/mol. The zero-order valence-electron chi connectivity index (χ0n) is 9.61. The maximum absolute atomic E-state index is 9.32. The summed E-state index contributed by atoms with van der Waals surface area (Å²) in [4.78, 5) is 0. The van der Waals surface area contributed by atoms with Gasteiger partial charge in [-0.1, -0.05) is 29.3 Å². The van der Waals surface area contributed by atoms with Gasteiger partial charge in [-0.15, -0.1) is 0 Å². The quantitative estimate of drug-likeness (QED) is 0.902. The summed E-state index contributed by atoms with van der Waals surface area (Å²) in [6, 6.07) is 5.25. The van der Waals surface area contributed by atoms with Crippen LogP contribution in [0.1, 0.15) is 25.5 Å². The van der Waals surface area contributed by atoms with E-state index in [0.29, 0.717) is 15.6 Å². The van der Waals surface area contributed by atoms with Crippen molar-refractivity contribution in [1.82, 2.24) is 0 Å². The van der Waals surface area contributed by atoms with Crippen LogP contribution >= 0.6 is 23.2 Å². The van der Waals surface area contributed by atoms with Crippen molar-refractivity contribution in [3.8, 4) is 0 Å². The molecule has 1 heterocycles. The molecule has 1 saturated heterocycles. The maximum atomic E-state index is 9.32. The highest BCUT2D eigenvalue weighted by Crippen LogP contribution is 2.43. The largest absolute Gasteiger partial charge is 0.394 e. The first kappa shape index (κ1) is 13.1. The number of halogens is 2. The molecular formula is C12H14Cl2O3. The van der Waals surface area contributed by atoms with Crippen molar-refractivity contribution < 1.29 is 14.6 Å². The van der Waals surface area contributed by atoms with Crippen LogP contribution in [0.3, 0.4) is 0 Å². The fourth-order valence-corrected chi connectivity index (χ4v) is 2.61. The molecule has 5 heteroatoms. The molecule has 1 unspecified atom stereocenters. The second-order valence-corrected chi connectivity index (χ2v) is 5.23. The van der Waals surface area contributed by atoms with Crippen LogP contribution in [0.25, 0.3) is 0 Å². The van der Waals surface area contributed by atoms with Crippen LogP contribution in [-0.2, 0) is 9.47 Å². The van der Waals surface area contributed by atoms with E-state index >= 15 is 0 Å². The Kier molecular flexibility index (Phi) is 3.66. The van der Waals surface area contributed by atoms with E-state index in [-0.39, 0.29) is 6.61 Å². The predicted octanol–water partition coefficient (Wildman–Crippen LogP) is 3.18. The lowest BCUT2D eigenvalue weighted by molar-refractivity contribution is -0.149. The number of aliphatic hydroxyl groups excluding tert-OH is 1. The van der Waals surface area contributed by atoms with E-state index < -0.39 is 18.0 Å². The molecule has 3 nitrogen and oxygen atoms in total. The highest BCUT2D eigenvalue weighted by molar-refractivity contribution is 6.36. The van der Waals surface area contributed by atoms with E-state index in [2.05, 4.69) is 0 Å². The van der Waals surface area contributed by atoms with Gasteiger partial charge in [0.25, 0.3) is 0 Å². The summed E-state index contributed by atoms with van der Waals surface area (Å²) in [5.74, 6) is -0.749. The maximum Gasteiger partial charge on any atom is 0.164 e. The molecule has 0 saturated carbocycles. The molecule has 1 aromatic carbocycles. The van der Waals surface area contributed by atoms with Crippen LogP contribution in [0, 0.1) is 0 Å². The Balaban J connectivity index is 2.39. The van der Waals surface area contributed by atoms with Crippen LogP contribution in [0.4, 0.5) is 0 Å². The van der Waals surface area contributed by atoms with Crippen molar-refractivity contribution in [2.75, 3.05) is 6.61 Å². The van der Waals surface area contributed by atoms with Gasteiger partial charge in [0.05, 0.1) is 6.61 Å². The lowest BCUT2D eigenvalue weighted by Gasteiger charge is -2.18. The highest BCUT2D eigenvalue weighted by Gasteiger charge is 2.43. The first-order valence-electron chi connectivity index (χ1n) is 5.35. The molecule has 1 aliphatic rings. The smallest absolute Gasteiger partial charge is 0.164 e. The number of ether oxygens (including phenoxy) is 2. The second-order valence-electron chi connectivity index (χ2n) is 4.41. The molecule has 0 aliphatic carbocycles. The van der Waals surface area contributed by atoms with Crippen LogP contribution in [0.15, 0.2) is 18.2 Å². The Hall–Kier alpha value is -0.320. The number of hydrogen-bond acceptors (Lipinski definition) is 3. The zero-order chi connectivity index (χ0) is 12.6. The summed E-state index contributed by atoms with van der Waals surface area (Å²) in [6.07, 6.45) is -0.904. The van der Waals surface area contributed by atoms with Crippen molar-refractivity contribution in [2.45, 2.75) is 31.8 Å². The third kappa shape index (κ3) is 2.59. The Bertz CT molecular complexity index is 400. The minimum absolute atomic E-state index is 0.143. The molecule has 0 spiro atoms. The normalized spacial score (nSPS) is 27.4. The Morgan fingerprint density at radius 2 is 1.82 bits per heavy atom. The topological polar surface area (TPSA) is 38.7 Å². The molecular weight excluding hydrogens is 263 g/mol. The van der Waals surface area contributed by atoms with Crippen LogP contribution < -0.4 is 0 Å². The first-order valence-corrected chi connectivity index (χ1v) is 6.10. The number of rotatable bonds is 2. The van der Waals surface area contributed by atoms with Crippen molar-refractivity contribution in [3.05, 3.63) is 33.8 Å². The van der Waals surface area contributed by atoms with E-state index in [9.17, 15) is 5.11 Å². The third-order valence-corrected chi connectivity index (χ3v) is 3.31. The number of benzene rings is 1. The average Bonchev–Trinajstić information content (AvgIpc) is 2.53. The summed E-state index contributed by atoms with van der Waals surface area (Å²) in [7, 11) is 0. The van der Waals surface area contributed by atoms with E-state index in [4.69, 9.17) is 32.7 Å². The van der Waals surface area contributed by atoms with Crippen molar-refractivity contribution in [1.29, 1.82) is 0 Å². The zero-order valence-corrected chi connectivity index (χ0v) is 11.1. The Morgan fingerprint density at radius 1 is 1.24 bits per heavy atom. The van der Waals surface area contributed by atoms with Gasteiger partial charge in [-0.3, -0.25) is 0 Å². The molecule has 2 rings (SSSR count). The van der Waals surface area contributed by atoms with E-state index in [1.807, 2.05) is 0 Å². The summed E-state index contributed by atoms with van der Waals surface area (Å²) in [5.41, 5.74) is 0.667. The van der Waals surface area contributed by atoms with E-state index in [1.54, 1.807) is 32.0 Å². The molecule has 0 amide bonds. The van der Waals surface area contributed by atoms with Gasteiger partial charge in [0.2, 0.25) is 0 Å². The van der Waals surface area contributed by atoms with Gasteiger partial charge in [0.15, 0.2) is 5.79 Å². The van der Waals surface area contributed by atoms with Gasteiger partial charge in [0, 0.05) is 15.6 Å². The van der Waals surface area contributed by atoms with E-state index in [0.717, 1.165) is 0 Å². The van der Waals surface area contributed by atoms with Gasteiger partial charge in [-0.25, -0.2) is 0 Å². The molecule has 1 aromatic rings. The molecule has 2 atom stereocenters. The minimum Gasteiger partial charge on any atom is -0.394 e. The lowest BCUT2D eigenvalue weighted by atomic mass is 10.0. The van der Waals surface area contributed by atoms with Gasteiger partial charge in [-0.05, 0) is 26.0 Å². The molecule has 1 aliphatic heterocycles. The van der Waals surface area contributed by atoms with E-state index in [1.165, 1.54) is 0 Å². The predicted molar refractivity (Wildman–Crippen MR) is 66.3 cm³/mol. The number of aliphatic hydroxyl groups is 1. The molecule has 1 N–H and O–H groups in total. The van der Waals surface area contributed by atoms with Gasteiger partial charge < -0.3 is 14.6 Å². The van der Waals surface area contributed by atoms with Crippen molar-refractivity contribution >= 4 is 23.2 Å². The molecule has 94 valence electrons. The summed E-state index contributed by atoms with van der Waals surface area (Å²) < 4.78 is 11.3. The molecule has 17 heavy (non-hydrogen) atoms. The van der Waals surface area contributed by atoms with Crippen LogP contribution in [-0.4, -0.2) is 23.6 Å². The monoisotopic (exact) mass is 276 g/mol. The minimum atomic E-state index is -0.749. The Labute approximate surface area is 110 Å². The second kappa shape index (κ2) is 4.75. The SMILES string of the molecule is CC1(C)OC(CO)[C@@H](c2c(Cl)cccc2Cl)O1. The molecule has 1 fully saturated rings. The van der Waals surface area contributed by atoms with Gasteiger partial charge in [-0.2, -0.15) is 0 Å². The van der Waals surface area contributed by atoms with Gasteiger partial charge >= 0.3 is 0 Å². The summed E-state index contributed by atoms with van der Waals surface area (Å²) in [6.45, 7) is 3.44. The first-order chi connectivity index (χ1) is 7.94. The molecule has 0 aromatic heterocycles. The van der Waals surface area contributed by atoms with Crippen LogP contribution in [0.5, 0.6) is 0 Å². The standard InChI is InChI=1S/C12H14Cl2O3/c1-12(2)16-9(6-15)11(17-12)10-7(13)4-3-5-8(10)14/h3-5,9,11,15H,6H2,1-2H3/t9?,11-/m0/s1. The van der Waals surface area contributed by atoms with Crippen molar-refractivity contribution in [3.63, 3.8) is 0 Å². The third-order valence-electron chi connectivity index (χ3n) is 2.65. The Morgan fingerprint density at radius 3 is 2.35 bits per heavy atom. The fourth-order valence-electron chi connectivity index (χ4n) is 2.00. The van der Waals surface area contributed by atoms with Gasteiger partial charge in [0.1, 0.15) is 12.2 Å². The molecule has 0 bridgehead atoms. The lowest BCUT2D eigenvalue weighted by Crippen LogP contribution is -2.23. The number of hydrogen-bond donors (Lipinski definition) is 1. The molecule has 0 radical (unpaired) electrons.